The molecule has 0 bridgehead atoms. The topological polar surface area (TPSA) is 112 Å². The number of aromatic nitrogens is 2. The highest BCUT2D eigenvalue weighted by Crippen LogP contribution is 2.35. The van der Waals surface area contributed by atoms with Crippen molar-refractivity contribution in [3.63, 3.8) is 0 Å². The number of rotatable bonds is 9. The van der Waals surface area contributed by atoms with E-state index < -0.39 is 17.4 Å². The van der Waals surface area contributed by atoms with Crippen LogP contribution in [0.5, 0.6) is 11.5 Å². The molecule has 1 aliphatic rings. The zero-order chi connectivity index (χ0) is 26.6. The Morgan fingerprint density at radius 3 is 2.51 bits per heavy atom. The number of amides is 2. The van der Waals surface area contributed by atoms with E-state index in [2.05, 4.69) is 10.4 Å². The summed E-state index contributed by atoms with van der Waals surface area (Å²) in [5, 5.41) is 7.24. The number of nitrogens with zero attached hydrogens (tertiary/aromatic N) is 3. The van der Waals surface area contributed by atoms with Gasteiger partial charge >= 0.3 is 5.97 Å². The third-order valence-corrected chi connectivity index (χ3v) is 6.38. The van der Waals surface area contributed by atoms with Gasteiger partial charge in [0.05, 0.1) is 33.9 Å². The number of hydrogen-bond donors (Lipinski definition) is 1. The molecule has 0 fully saturated rings. The van der Waals surface area contributed by atoms with Crippen LogP contribution in [0, 0.1) is 0 Å². The minimum atomic E-state index is -1.33. The van der Waals surface area contributed by atoms with Gasteiger partial charge in [-0.2, -0.15) is 5.10 Å². The second-order valence-electron chi connectivity index (χ2n) is 8.78. The molecule has 4 rings (SSSR count). The quantitative estimate of drug-likeness (QED) is 0.444. The fraction of sp³-hybridized carbons (Fsp3) is 0.333. The first-order valence-electron chi connectivity index (χ1n) is 11.9. The molecule has 1 N–H and O–H groups in total. The van der Waals surface area contributed by atoms with Crippen molar-refractivity contribution in [3.8, 4) is 11.5 Å². The highest BCUT2D eigenvalue weighted by molar-refractivity contribution is 6.01. The molecule has 0 saturated heterocycles. The third kappa shape index (κ3) is 5.00. The molecule has 1 aromatic heterocycles. The summed E-state index contributed by atoms with van der Waals surface area (Å²) in [6.07, 6.45) is 0. The largest absolute Gasteiger partial charge is 0.493 e. The van der Waals surface area contributed by atoms with Crippen molar-refractivity contribution >= 4 is 17.8 Å². The standard InChI is InChI=1S/C27H30N4O6/c1-5-37-25(33)20-14-21-24(32)30(16-19-12-9-13-22(35-3)23(19)36-4)27(2,17-31(21)29-20)26(34)28-15-18-10-7-6-8-11-18/h6-14H,5,15-17H2,1-4H3,(H,28,34)/t27-/m1/s1. The lowest BCUT2D eigenvalue weighted by Gasteiger charge is -2.43. The van der Waals surface area contributed by atoms with Gasteiger partial charge in [-0.25, -0.2) is 4.79 Å². The van der Waals surface area contributed by atoms with Crippen LogP contribution in [0.1, 0.15) is 46.0 Å². The van der Waals surface area contributed by atoms with Crippen LogP contribution >= 0.6 is 0 Å². The molecule has 0 radical (unpaired) electrons. The van der Waals surface area contributed by atoms with Crippen molar-refractivity contribution in [2.24, 2.45) is 0 Å². The molecular formula is C27H30N4O6. The first-order chi connectivity index (χ1) is 17.8. The first kappa shape index (κ1) is 25.7. The highest BCUT2D eigenvalue weighted by Gasteiger charge is 2.48. The van der Waals surface area contributed by atoms with E-state index in [4.69, 9.17) is 14.2 Å². The summed E-state index contributed by atoms with van der Waals surface area (Å²) in [5.41, 5.74) is 0.462. The van der Waals surface area contributed by atoms with Gasteiger partial charge in [0.1, 0.15) is 11.2 Å². The molecule has 2 aromatic carbocycles. The Bertz CT molecular complexity index is 1310. The number of nitrogens with one attached hydrogen (secondary N) is 1. The lowest BCUT2D eigenvalue weighted by atomic mass is 9.93. The van der Waals surface area contributed by atoms with Gasteiger partial charge in [0.25, 0.3) is 5.91 Å². The summed E-state index contributed by atoms with van der Waals surface area (Å²) in [6, 6.07) is 16.3. The normalized spacial score (nSPS) is 16.6. The summed E-state index contributed by atoms with van der Waals surface area (Å²) < 4.78 is 17.4. The predicted octanol–water partition coefficient (Wildman–Crippen LogP) is 2.81. The van der Waals surface area contributed by atoms with E-state index in [1.165, 1.54) is 29.9 Å². The van der Waals surface area contributed by atoms with E-state index in [0.29, 0.717) is 23.6 Å². The van der Waals surface area contributed by atoms with Crippen molar-refractivity contribution in [2.75, 3.05) is 20.8 Å². The maximum atomic E-state index is 13.8. The lowest BCUT2D eigenvalue weighted by molar-refractivity contribution is -0.133. The molecule has 3 aromatic rings. The molecule has 37 heavy (non-hydrogen) atoms. The summed E-state index contributed by atoms with van der Waals surface area (Å²) in [4.78, 5) is 41.3. The van der Waals surface area contributed by atoms with E-state index >= 15 is 0 Å². The second-order valence-corrected chi connectivity index (χ2v) is 8.78. The fourth-order valence-electron chi connectivity index (χ4n) is 4.41. The van der Waals surface area contributed by atoms with E-state index in [-0.39, 0.29) is 37.0 Å². The molecule has 1 aliphatic heterocycles. The number of ether oxygens (including phenoxy) is 3. The van der Waals surface area contributed by atoms with E-state index in [0.717, 1.165) is 5.56 Å². The van der Waals surface area contributed by atoms with E-state index in [1.807, 2.05) is 36.4 Å². The average molecular weight is 507 g/mol. The van der Waals surface area contributed by atoms with Crippen LogP contribution in [0.2, 0.25) is 0 Å². The van der Waals surface area contributed by atoms with Crippen LogP contribution in [0.4, 0.5) is 0 Å². The van der Waals surface area contributed by atoms with Crippen molar-refractivity contribution in [3.05, 3.63) is 77.1 Å². The third-order valence-electron chi connectivity index (χ3n) is 6.38. The number of methoxy groups -OCH3 is 2. The number of hydrogen-bond acceptors (Lipinski definition) is 7. The molecule has 2 amide bonds. The SMILES string of the molecule is CCOC(=O)c1cc2n(n1)C[C@](C)(C(=O)NCc1ccccc1)N(Cc1cccc(OC)c1OC)C2=O. The molecule has 0 spiro atoms. The number of benzene rings is 2. The Kier molecular flexibility index (Phi) is 7.47. The molecule has 10 heteroatoms. The van der Waals surface area contributed by atoms with Gasteiger partial charge < -0.3 is 24.4 Å². The Morgan fingerprint density at radius 2 is 1.84 bits per heavy atom. The molecule has 2 heterocycles. The summed E-state index contributed by atoms with van der Waals surface area (Å²) in [7, 11) is 3.05. The van der Waals surface area contributed by atoms with Crippen LogP contribution in [0.25, 0.3) is 0 Å². The van der Waals surface area contributed by atoms with Gasteiger partial charge in [0.15, 0.2) is 17.2 Å². The van der Waals surface area contributed by atoms with Gasteiger partial charge in [-0.05, 0) is 25.5 Å². The van der Waals surface area contributed by atoms with Gasteiger partial charge in [0, 0.05) is 18.2 Å². The van der Waals surface area contributed by atoms with E-state index in [9.17, 15) is 14.4 Å². The molecule has 0 saturated carbocycles. The average Bonchev–Trinajstić information content (AvgIpc) is 3.34. The van der Waals surface area contributed by atoms with Crippen molar-refractivity contribution in [1.29, 1.82) is 0 Å². The Labute approximate surface area is 215 Å². The zero-order valence-corrected chi connectivity index (χ0v) is 21.3. The highest BCUT2D eigenvalue weighted by atomic mass is 16.5. The van der Waals surface area contributed by atoms with Gasteiger partial charge in [-0.3, -0.25) is 14.3 Å². The van der Waals surface area contributed by atoms with Gasteiger partial charge in [-0.15, -0.1) is 0 Å². The number of fused-ring (bicyclic) bond motifs is 1. The minimum Gasteiger partial charge on any atom is -0.493 e. The summed E-state index contributed by atoms with van der Waals surface area (Å²) >= 11 is 0. The van der Waals surface area contributed by atoms with Crippen LogP contribution in [-0.2, 0) is 29.2 Å². The van der Waals surface area contributed by atoms with Crippen LogP contribution in [0.3, 0.4) is 0 Å². The number of carbonyl (C=O) groups is 3. The number of carbonyl (C=O) groups excluding carboxylic acids is 3. The Hall–Kier alpha value is -4.34. The van der Waals surface area contributed by atoms with Crippen molar-refractivity contribution < 1.29 is 28.6 Å². The number of para-hydroxylation sites is 1. The lowest BCUT2D eigenvalue weighted by Crippen LogP contribution is -2.63. The number of esters is 1. The summed E-state index contributed by atoms with van der Waals surface area (Å²) in [6.45, 7) is 3.95. The predicted molar refractivity (Wildman–Crippen MR) is 134 cm³/mol. The minimum absolute atomic E-state index is 0.0121. The van der Waals surface area contributed by atoms with Crippen LogP contribution in [-0.4, -0.2) is 58.8 Å². The van der Waals surface area contributed by atoms with E-state index in [1.54, 1.807) is 26.0 Å². The maximum Gasteiger partial charge on any atom is 0.358 e. The maximum absolute atomic E-state index is 13.8. The van der Waals surface area contributed by atoms with Crippen LogP contribution in [0.15, 0.2) is 54.6 Å². The first-order valence-corrected chi connectivity index (χ1v) is 11.9. The van der Waals surface area contributed by atoms with Crippen LogP contribution < -0.4 is 14.8 Å². The molecule has 194 valence electrons. The molecular weight excluding hydrogens is 476 g/mol. The monoisotopic (exact) mass is 506 g/mol. The zero-order valence-electron chi connectivity index (χ0n) is 21.3. The Morgan fingerprint density at radius 1 is 1.08 bits per heavy atom. The molecule has 0 unspecified atom stereocenters. The molecule has 0 aliphatic carbocycles. The summed E-state index contributed by atoms with van der Waals surface area (Å²) in [5.74, 6) is -0.458. The fourth-order valence-corrected chi connectivity index (χ4v) is 4.41. The second kappa shape index (κ2) is 10.7. The van der Waals surface area contributed by atoms with Crippen molar-refractivity contribution in [1.82, 2.24) is 20.0 Å². The van der Waals surface area contributed by atoms with Gasteiger partial charge in [0.2, 0.25) is 5.91 Å². The van der Waals surface area contributed by atoms with Gasteiger partial charge in [-0.1, -0.05) is 42.5 Å². The molecule has 10 nitrogen and oxygen atoms in total. The Balaban J connectivity index is 1.72. The molecule has 1 atom stereocenters. The van der Waals surface area contributed by atoms with Crippen molar-refractivity contribution in [2.45, 2.75) is 39.0 Å². The smallest absolute Gasteiger partial charge is 0.358 e.